The Kier molecular flexibility index (Phi) is 5.54. The van der Waals surface area contributed by atoms with E-state index in [0.717, 1.165) is 18.4 Å². The number of rotatable bonds is 5. The van der Waals surface area contributed by atoms with Crippen LogP contribution < -0.4 is 0 Å². The molecule has 0 N–H and O–H groups in total. The van der Waals surface area contributed by atoms with Crippen molar-refractivity contribution in [2.45, 2.75) is 33.1 Å². The van der Waals surface area contributed by atoms with Crippen molar-refractivity contribution in [3.05, 3.63) is 36.5 Å². The van der Waals surface area contributed by atoms with E-state index < -0.39 is 0 Å². The van der Waals surface area contributed by atoms with Gasteiger partial charge in [0.25, 0.3) is 0 Å². The smallest absolute Gasteiger partial charge is 0.0279 e. The molecule has 0 saturated carbocycles. The van der Waals surface area contributed by atoms with Crippen molar-refractivity contribution in [3.63, 3.8) is 0 Å². The number of allylic oxidation sites excluding steroid dienone is 4. The van der Waals surface area contributed by atoms with Crippen molar-refractivity contribution in [2.24, 2.45) is 0 Å². The molecular weight excluding hydrogens is 132 g/mol. The first-order valence-electron chi connectivity index (χ1n) is 4.13. The van der Waals surface area contributed by atoms with E-state index >= 15 is 0 Å². The van der Waals surface area contributed by atoms with Gasteiger partial charge in [-0.25, -0.2) is 0 Å². The van der Waals surface area contributed by atoms with E-state index in [1.54, 1.807) is 0 Å². The van der Waals surface area contributed by atoms with Gasteiger partial charge < -0.3 is 0 Å². The quantitative estimate of drug-likeness (QED) is 0.317. The van der Waals surface area contributed by atoms with Crippen molar-refractivity contribution >= 4 is 0 Å². The summed E-state index contributed by atoms with van der Waals surface area (Å²) in [6.07, 6.45) is 7.70. The van der Waals surface area contributed by atoms with Gasteiger partial charge in [0.2, 0.25) is 0 Å². The van der Waals surface area contributed by atoms with E-state index in [1.807, 2.05) is 13.8 Å². The van der Waals surface area contributed by atoms with Gasteiger partial charge in [0.15, 0.2) is 0 Å². The van der Waals surface area contributed by atoms with Gasteiger partial charge in [0.05, 0.1) is 0 Å². The van der Waals surface area contributed by atoms with Crippen LogP contribution in [0.25, 0.3) is 0 Å². The predicted molar refractivity (Wildman–Crippen MR) is 52.6 cm³/mol. The van der Waals surface area contributed by atoms with Gasteiger partial charge >= 0.3 is 0 Å². The standard InChI is InChI=1S/C11H18/c1-5-6-7-8-9-11(4)10(2)3/h5-6H,2,4,7-9H2,1,3H3. The summed E-state index contributed by atoms with van der Waals surface area (Å²) < 4.78 is 0. The van der Waals surface area contributed by atoms with Gasteiger partial charge in [0, 0.05) is 0 Å². The second-order valence-corrected chi connectivity index (χ2v) is 2.85. The van der Waals surface area contributed by atoms with Crippen molar-refractivity contribution in [1.82, 2.24) is 0 Å². The van der Waals surface area contributed by atoms with Gasteiger partial charge in [-0.2, -0.15) is 0 Å². The Labute approximate surface area is 70.3 Å². The Morgan fingerprint density at radius 1 is 1.36 bits per heavy atom. The minimum Gasteiger partial charge on any atom is -0.0959 e. The second-order valence-electron chi connectivity index (χ2n) is 2.85. The molecule has 0 saturated heterocycles. The molecule has 0 atom stereocenters. The molecule has 0 aromatic carbocycles. The lowest BCUT2D eigenvalue weighted by molar-refractivity contribution is 0.839. The summed E-state index contributed by atoms with van der Waals surface area (Å²) in [7, 11) is 0. The lowest BCUT2D eigenvalue weighted by atomic mass is 10.0. The van der Waals surface area contributed by atoms with Crippen LogP contribution in [0.3, 0.4) is 0 Å². The van der Waals surface area contributed by atoms with E-state index in [4.69, 9.17) is 0 Å². The lowest BCUT2D eigenvalue weighted by Crippen LogP contribution is -1.81. The molecule has 0 spiro atoms. The third-order valence-corrected chi connectivity index (χ3v) is 1.69. The first-order chi connectivity index (χ1) is 5.18. The highest BCUT2D eigenvalue weighted by molar-refractivity contribution is 5.22. The molecule has 0 nitrogen and oxygen atoms in total. The molecule has 62 valence electrons. The minimum atomic E-state index is 1.08. The highest BCUT2D eigenvalue weighted by atomic mass is 14.0. The zero-order valence-corrected chi connectivity index (χ0v) is 7.69. The maximum absolute atomic E-state index is 3.93. The van der Waals surface area contributed by atoms with Crippen LogP contribution in [0.2, 0.25) is 0 Å². The van der Waals surface area contributed by atoms with Gasteiger partial charge in [-0.15, -0.1) is 0 Å². The average Bonchev–Trinajstić information content (AvgIpc) is 1.97. The molecule has 0 unspecified atom stereocenters. The van der Waals surface area contributed by atoms with Crippen molar-refractivity contribution in [1.29, 1.82) is 0 Å². The highest BCUT2D eigenvalue weighted by Crippen LogP contribution is 2.12. The van der Waals surface area contributed by atoms with Gasteiger partial charge in [-0.1, -0.05) is 36.5 Å². The summed E-state index contributed by atoms with van der Waals surface area (Å²) in [6, 6.07) is 0. The summed E-state index contributed by atoms with van der Waals surface area (Å²) in [6.45, 7) is 11.8. The first-order valence-corrected chi connectivity index (χ1v) is 4.13. The third kappa shape index (κ3) is 5.65. The Hall–Kier alpha value is -0.780. The van der Waals surface area contributed by atoms with E-state index in [0.29, 0.717) is 0 Å². The number of hydrogen-bond donors (Lipinski definition) is 0. The largest absolute Gasteiger partial charge is 0.0959 e. The Balaban J connectivity index is 3.39. The Bertz CT molecular complexity index is 161. The lowest BCUT2D eigenvalue weighted by Gasteiger charge is -2.01. The zero-order chi connectivity index (χ0) is 8.69. The molecule has 0 bridgehead atoms. The topological polar surface area (TPSA) is 0 Å². The monoisotopic (exact) mass is 150 g/mol. The van der Waals surface area contributed by atoms with Gasteiger partial charge in [0.1, 0.15) is 0 Å². The van der Waals surface area contributed by atoms with Crippen molar-refractivity contribution in [3.8, 4) is 0 Å². The molecule has 0 rings (SSSR count). The van der Waals surface area contributed by atoms with Crippen LogP contribution in [0.5, 0.6) is 0 Å². The molecule has 0 aliphatic carbocycles. The molecule has 0 aliphatic rings. The summed E-state index contributed by atoms with van der Waals surface area (Å²) in [5.41, 5.74) is 2.31. The van der Waals surface area contributed by atoms with Crippen LogP contribution in [0, 0.1) is 0 Å². The third-order valence-electron chi connectivity index (χ3n) is 1.69. The normalized spacial score (nSPS) is 10.4. The zero-order valence-electron chi connectivity index (χ0n) is 7.69. The maximum Gasteiger partial charge on any atom is -0.0279 e. The van der Waals surface area contributed by atoms with Crippen LogP contribution in [0.4, 0.5) is 0 Å². The number of unbranched alkanes of at least 4 members (excludes halogenated alkanes) is 1. The first kappa shape index (κ1) is 10.2. The average molecular weight is 150 g/mol. The molecule has 0 heteroatoms. The summed E-state index contributed by atoms with van der Waals surface area (Å²) >= 11 is 0. The van der Waals surface area contributed by atoms with Crippen LogP contribution in [0.15, 0.2) is 36.5 Å². The predicted octanol–water partition coefficient (Wildman–Crippen LogP) is 3.87. The van der Waals surface area contributed by atoms with Crippen LogP contribution in [-0.2, 0) is 0 Å². The van der Waals surface area contributed by atoms with Crippen LogP contribution in [-0.4, -0.2) is 0 Å². The summed E-state index contributed by atoms with van der Waals surface area (Å²) in [4.78, 5) is 0. The molecule has 0 amide bonds. The van der Waals surface area contributed by atoms with Crippen molar-refractivity contribution in [2.75, 3.05) is 0 Å². The fourth-order valence-corrected chi connectivity index (χ4v) is 0.813. The van der Waals surface area contributed by atoms with Gasteiger partial charge in [-0.3, -0.25) is 0 Å². The van der Waals surface area contributed by atoms with Crippen LogP contribution in [0.1, 0.15) is 33.1 Å². The molecule has 11 heavy (non-hydrogen) atoms. The fraction of sp³-hybridized carbons (Fsp3) is 0.455. The van der Waals surface area contributed by atoms with E-state index in [9.17, 15) is 0 Å². The van der Waals surface area contributed by atoms with E-state index in [1.165, 1.54) is 12.0 Å². The van der Waals surface area contributed by atoms with E-state index in [2.05, 4.69) is 25.3 Å². The molecule has 0 aromatic rings. The summed E-state index contributed by atoms with van der Waals surface area (Å²) in [5, 5.41) is 0. The molecule has 0 aliphatic heterocycles. The van der Waals surface area contributed by atoms with E-state index in [-0.39, 0.29) is 0 Å². The van der Waals surface area contributed by atoms with Gasteiger partial charge in [-0.05, 0) is 33.1 Å². The Morgan fingerprint density at radius 2 is 2.00 bits per heavy atom. The highest BCUT2D eigenvalue weighted by Gasteiger charge is 1.92. The molecule has 0 heterocycles. The Morgan fingerprint density at radius 3 is 2.45 bits per heavy atom. The van der Waals surface area contributed by atoms with Crippen molar-refractivity contribution < 1.29 is 0 Å². The maximum atomic E-state index is 3.93. The molecule has 0 radical (unpaired) electrons. The second kappa shape index (κ2) is 5.96. The number of hydrogen-bond acceptors (Lipinski definition) is 0. The summed E-state index contributed by atoms with van der Waals surface area (Å²) in [5.74, 6) is 0. The fourth-order valence-electron chi connectivity index (χ4n) is 0.813. The SMILES string of the molecule is C=C(C)C(=C)CCCC=CC. The molecular formula is C11H18. The molecule has 0 fully saturated rings. The molecule has 0 aromatic heterocycles. The minimum absolute atomic E-state index is 1.08. The van der Waals surface area contributed by atoms with Crippen LogP contribution >= 0.6 is 0 Å².